The Kier molecular flexibility index (Phi) is 4.86. The molecule has 1 aliphatic heterocycles. The highest BCUT2D eigenvalue weighted by atomic mass is 19.4. The van der Waals surface area contributed by atoms with Crippen molar-refractivity contribution in [2.24, 2.45) is 5.73 Å². The lowest BCUT2D eigenvalue weighted by molar-refractivity contribution is -0.137. The van der Waals surface area contributed by atoms with Crippen molar-refractivity contribution in [3.8, 4) is 0 Å². The van der Waals surface area contributed by atoms with Gasteiger partial charge >= 0.3 is 6.18 Å². The number of rotatable bonds is 3. The van der Waals surface area contributed by atoms with Crippen molar-refractivity contribution in [1.29, 1.82) is 0 Å². The number of nitrogens with zero attached hydrogens (tertiary/aromatic N) is 3. The van der Waals surface area contributed by atoms with E-state index in [9.17, 15) is 13.2 Å². The van der Waals surface area contributed by atoms with E-state index in [4.69, 9.17) is 15.5 Å². The number of allylic oxidation sites excluding steroid dienone is 1. The lowest BCUT2D eigenvalue weighted by atomic mass is 9.97. The minimum atomic E-state index is -4.36. The van der Waals surface area contributed by atoms with Gasteiger partial charge in [0.25, 0.3) is 0 Å². The molecule has 0 saturated carbocycles. The molecule has 2 atom stereocenters. The molecular weight excluding hydrogens is 407 g/mol. The highest BCUT2D eigenvalue weighted by molar-refractivity contribution is 5.96. The molecule has 31 heavy (non-hydrogen) atoms. The monoisotopic (exact) mass is 427 g/mol. The second-order valence-electron chi connectivity index (χ2n) is 7.79. The molecule has 0 spiro atoms. The molecule has 5 rings (SSSR count). The maximum atomic E-state index is 13.1. The van der Waals surface area contributed by atoms with Crippen LogP contribution in [0.2, 0.25) is 0 Å². The first-order valence-corrected chi connectivity index (χ1v) is 10.0. The van der Waals surface area contributed by atoms with Gasteiger partial charge in [-0.1, -0.05) is 12.1 Å². The molecule has 9 heteroatoms. The van der Waals surface area contributed by atoms with Gasteiger partial charge in [0.15, 0.2) is 0 Å². The van der Waals surface area contributed by atoms with Gasteiger partial charge in [0.1, 0.15) is 0 Å². The number of benzene rings is 1. The zero-order valence-corrected chi connectivity index (χ0v) is 16.5. The number of halogens is 3. The number of anilines is 1. The molecule has 1 fully saturated rings. The van der Waals surface area contributed by atoms with Crippen LogP contribution in [0.3, 0.4) is 0 Å². The topological polar surface area (TPSA) is 86.0 Å². The summed E-state index contributed by atoms with van der Waals surface area (Å²) in [5, 5.41) is 4.04. The summed E-state index contributed by atoms with van der Waals surface area (Å²) in [5.74, 6) is 0.452. The third-order valence-corrected chi connectivity index (χ3v) is 5.74. The second kappa shape index (κ2) is 7.58. The van der Waals surface area contributed by atoms with Crippen molar-refractivity contribution in [2.45, 2.75) is 31.1 Å². The molecule has 1 saturated heterocycles. The largest absolute Gasteiger partial charge is 0.416 e. The fourth-order valence-electron chi connectivity index (χ4n) is 4.10. The smallest absolute Gasteiger partial charge is 0.380 e. The van der Waals surface area contributed by atoms with Crippen LogP contribution in [0.15, 0.2) is 42.9 Å². The highest BCUT2D eigenvalue weighted by Gasteiger charge is 2.32. The van der Waals surface area contributed by atoms with E-state index in [-0.39, 0.29) is 12.1 Å². The molecule has 1 aromatic carbocycles. The predicted octanol–water partition coefficient (Wildman–Crippen LogP) is 3.56. The Morgan fingerprint density at radius 1 is 1.13 bits per heavy atom. The summed E-state index contributed by atoms with van der Waals surface area (Å²) in [5.41, 5.74) is 9.17. The number of pyridine rings is 1. The van der Waals surface area contributed by atoms with Gasteiger partial charge in [0, 0.05) is 48.2 Å². The number of hydrogen-bond donors (Lipinski definition) is 2. The van der Waals surface area contributed by atoms with Crippen LogP contribution in [0.1, 0.15) is 28.7 Å². The van der Waals surface area contributed by atoms with Crippen molar-refractivity contribution in [3.63, 3.8) is 0 Å². The van der Waals surface area contributed by atoms with E-state index in [1.165, 1.54) is 12.1 Å². The van der Waals surface area contributed by atoms with Gasteiger partial charge in [-0.2, -0.15) is 13.2 Å². The van der Waals surface area contributed by atoms with Gasteiger partial charge in [-0.25, -0.2) is 9.97 Å². The van der Waals surface area contributed by atoms with Gasteiger partial charge < -0.3 is 15.8 Å². The van der Waals surface area contributed by atoms with Crippen LogP contribution >= 0.6 is 0 Å². The molecule has 3 heterocycles. The Labute approximate surface area is 176 Å². The average molecular weight is 427 g/mol. The maximum Gasteiger partial charge on any atom is 0.416 e. The highest BCUT2D eigenvalue weighted by Crippen LogP contribution is 2.38. The Morgan fingerprint density at radius 3 is 2.81 bits per heavy atom. The average Bonchev–Trinajstić information content (AvgIpc) is 3.17. The summed E-state index contributed by atoms with van der Waals surface area (Å²) >= 11 is 0. The minimum Gasteiger partial charge on any atom is -0.380 e. The number of nitrogens with one attached hydrogen (secondary N) is 1. The molecule has 0 bridgehead atoms. The van der Waals surface area contributed by atoms with Crippen molar-refractivity contribution in [2.75, 3.05) is 18.5 Å². The van der Waals surface area contributed by atoms with Gasteiger partial charge in [0.2, 0.25) is 5.95 Å². The standard InChI is InChI=1S/C22H20F3N5O/c23-22(24,25)14-2-4-15-12(7-14)1-3-16(15)17-10-27-8-13-9-28-21(30-20(13)17)29-19-5-6-31-11-18(19)26/h2-4,7-10,18-19H,1,5-6,11,26H2,(H,28,29,30). The normalized spacial score (nSPS) is 21.1. The van der Waals surface area contributed by atoms with Crippen LogP contribution in [-0.4, -0.2) is 40.2 Å². The molecule has 2 unspecified atom stereocenters. The quantitative estimate of drug-likeness (QED) is 0.665. The minimum absolute atomic E-state index is 0.00342. The second-order valence-corrected chi connectivity index (χ2v) is 7.79. The molecular formula is C22H20F3N5O. The molecule has 3 aromatic rings. The Bertz CT molecular complexity index is 1180. The van der Waals surface area contributed by atoms with Crippen LogP contribution in [-0.2, 0) is 17.3 Å². The summed E-state index contributed by atoms with van der Waals surface area (Å²) in [6, 6.07) is 3.70. The van der Waals surface area contributed by atoms with Crippen molar-refractivity contribution >= 4 is 22.4 Å². The van der Waals surface area contributed by atoms with E-state index in [0.717, 1.165) is 34.6 Å². The number of hydrogen-bond acceptors (Lipinski definition) is 6. The summed E-state index contributed by atoms with van der Waals surface area (Å²) in [6.07, 6.45) is 3.80. The first-order valence-electron chi connectivity index (χ1n) is 10.0. The lowest BCUT2D eigenvalue weighted by Gasteiger charge is -2.29. The summed E-state index contributed by atoms with van der Waals surface area (Å²) in [4.78, 5) is 13.4. The van der Waals surface area contributed by atoms with Gasteiger partial charge in [0.05, 0.1) is 17.7 Å². The molecule has 2 aliphatic rings. The van der Waals surface area contributed by atoms with E-state index in [1.54, 1.807) is 18.6 Å². The number of alkyl halides is 3. The van der Waals surface area contributed by atoms with Gasteiger partial charge in [-0.3, -0.25) is 4.98 Å². The number of aromatic nitrogens is 3. The first kappa shape index (κ1) is 19.9. The third kappa shape index (κ3) is 3.75. The number of nitrogens with two attached hydrogens (primary N) is 1. The predicted molar refractivity (Wildman–Crippen MR) is 110 cm³/mol. The summed E-state index contributed by atoms with van der Waals surface area (Å²) in [6.45, 7) is 1.10. The first-order chi connectivity index (χ1) is 14.9. The third-order valence-electron chi connectivity index (χ3n) is 5.74. The number of ether oxygens (including phenoxy) is 1. The van der Waals surface area contributed by atoms with Crippen LogP contribution in [0, 0.1) is 0 Å². The SMILES string of the molecule is NC1COCCC1Nc1ncc2cncc(C3=CCc4cc(C(F)(F)F)ccc43)c2n1. The fourth-order valence-corrected chi connectivity index (χ4v) is 4.10. The van der Waals surface area contributed by atoms with Crippen molar-refractivity contribution in [1.82, 2.24) is 15.0 Å². The maximum absolute atomic E-state index is 13.1. The zero-order valence-electron chi connectivity index (χ0n) is 16.5. The van der Waals surface area contributed by atoms with E-state index >= 15 is 0 Å². The summed E-state index contributed by atoms with van der Waals surface area (Å²) < 4.78 is 44.6. The number of fused-ring (bicyclic) bond motifs is 2. The molecule has 1 aliphatic carbocycles. The molecule has 2 aromatic heterocycles. The fraction of sp³-hybridized carbons (Fsp3) is 0.318. The van der Waals surface area contributed by atoms with Gasteiger partial charge in [-0.15, -0.1) is 0 Å². The Morgan fingerprint density at radius 2 is 2.00 bits per heavy atom. The molecule has 6 nitrogen and oxygen atoms in total. The summed E-state index contributed by atoms with van der Waals surface area (Å²) in [7, 11) is 0. The zero-order chi connectivity index (χ0) is 21.6. The molecule has 3 N–H and O–H groups in total. The van der Waals surface area contributed by atoms with E-state index in [2.05, 4.69) is 15.3 Å². The van der Waals surface area contributed by atoms with Crippen LogP contribution in [0.25, 0.3) is 16.5 Å². The van der Waals surface area contributed by atoms with Crippen LogP contribution < -0.4 is 11.1 Å². The van der Waals surface area contributed by atoms with Crippen molar-refractivity contribution in [3.05, 3.63) is 65.1 Å². The molecule has 160 valence electrons. The van der Waals surface area contributed by atoms with Crippen LogP contribution in [0.4, 0.5) is 19.1 Å². The van der Waals surface area contributed by atoms with E-state index in [1.807, 2.05) is 6.08 Å². The van der Waals surface area contributed by atoms with Crippen LogP contribution in [0.5, 0.6) is 0 Å². The van der Waals surface area contributed by atoms with E-state index in [0.29, 0.717) is 36.7 Å². The lowest BCUT2D eigenvalue weighted by Crippen LogP contribution is -2.47. The van der Waals surface area contributed by atoms with E-state index < -0.39 is 11.7 Å². The Hall–Kier alpha value is -3.04. The molecule has 0 amide bonds. The molecule has 0 radical (unpaired) electrons. The van der Waals surface area contributed by atoms with Crippen molar-refractivity contribution < 1.29 is 17.9 Å². The Balaban J connectivity index is 1.51. The van der Waals surface area contributed by atoms with Gasteiger partial charge in [-0.05, 0) is 41.7 Å².